The Morgan fingerprint density at radius 2 is 1.57 bits per heavy atom. The number of aromatic nitrogens is 2. The molecule has 1 heterocycles. The van der Waals surface area contributed by atoms with Gasteiger partial charge in [-0.15, -0.1) is 0 Å². The Bertz CT molecular complexity index is 434. The third-order valence-corrected chi connectivity index (χ3v) is 6.88. The highest BCUT2D eigenvalue weighted by Gasteiger charge is 2.31. The highest BCUT2D eigenvalue weighted by molar-refractivity contribution is 14.1. The predicted molar refractivity (Wildman–Crippen MR) is 104 cm³/mol. The second kappa shape index (κ2) is 9.67. The van der Waals surface area contributed by atoms with Crippen LogP contribution >= 0.6 is 45.2 Å². The van der Waals surface area contributed by atoms with Crippen LogP contribution in [-0.4, -0.2) is 9.78 Å². The van der Waals surface area contributed by atoms with Gasteiger partial charge in [0.1, 0.15) is 7.27 Å². The summed E-state index contributed by atoms with van der Waals surface area (Å²) in [4.78, 5) is 0. The van der Waals surface area contributed by atoms with Crippen LogP contribution in [0.3, 0.4) is 0 Å². The molecule has 1 unspecified atom stereocenters. The number of halogens is 3. The summed E-state index contributed by atoms with van der Waals surface area (Å²) in [5, 5.41) is 4.47. The normalized spacial score (nSPS) is 14.4. The van der Waals surface area contributed by atoms with Gasteiger partial charge in [0.2, 0.25) is 5.95 Å². The first-order chi connectivity index (χ1) is 9.96. The first kappa shape index (κ1) is 19.6. The molecule has 5 heteroatoms. The Morgan fingerprint density at radius 1 is 1.00 bits per heavy atom. The summed E-state index contributed by atoms with van der Waals surface area (Å²) in [6.45, 7) is 6.59. The third kappa shape index (κ3) is 5.62. The molecule has 0 spiro atoms. The van der Waals surface area contributed by atoms with Crippen LogP contribution < -0.4 is 0 Å². The first-order valence-electron chi connectivity index (χ1n) is 8.06. The molecule has 1 aromatic heterocycles. The maximum absolute atomic E-state index is 14.5. The maximum atomic E-state index is 14.5. The molecule has 0 bridgehead atoms. The Kier molecular flexibility index (Phi) is 9.05. The van der Waals surface area contributed by atoms with E-state index in [1.807, 2.05) is 0 Å². The second-order valence-electron chi connectivity index (χ2n) is 6.07. The Labute approximate surface area is 155 Å². The fraction of sp³-hybridized carbons (Fsp3) is 0.812. The number of hydrogen-bond acceptors (Lipinski definition) is 1. The van der Waals surface area contributed by atoms with Gasteiger partial charge in [-0.05, 0) is 64.9 Å². The molecule has 21 heavy (non-hydrogen) atoms. The lowest BCUT2D eigenvalue weighted by molar-refractivity contribution is 0.199. The smallest absolute Gasteiger partial charge is 0.226 e. The molecule has 0 saturated carbocycles. The first-order valence-corrected chi connectivity index (χ1v) is 10.2. The lowest BCUT2D eigenvalue weighted by Crippen LogP contribution is -2.33. The molecule has 1 aromatic rings. The maximum Gasteiger partial charge on any atom is 0.226 e. The van der Waals surface area contributed by atoms with Gasteiger partial charge in [0.15, 0.2) is 0 Å². The zero-order valence-corrected chi connectivity index (χ0v) is 17.7. The summed E-state index contributed by atoms with van der Waals surface area (Å²) < 4.78 is 17.6. The van der Waals surface area contributed by atoms with Crippen molar-refractivity contribution in [2.45, 2.75) is 84.1 Å². The zero-order valence-electron chi connectivity index (χ0n) is 13.4. The molecular formula is C16H27FI2N2. The lowest BCUT2D eigenvalue weighted by Gasteiger charge is -2.30. The second-order valence-corrected chi connectivity index (χ2v) is 8.17. The molecule has 0 N–H and O–H groups in total. The van der Waals surface area contributed by atoms with E-state index in [9.17, 15) is 4.39 Å². The molecule has 1 atom stereocenters. The molecular weight excluding hydrogens is 493 g/mol. The van der Waals surface area contributed by atoms with Gasteiger partial charge in [0.05, 0.1) is 5.54 Å². The van der Waals surface area contributed by atoms with Crippen molar-refractivity contribution >= 4 is 45.2 Å². The summed E-state index contributed by atoms with van der Waals surface area (Å²) in [7, 11) is 0. The van der Waals surface area contributed by atoms with Gasteiger partial charge >= 0.3 is 0 Å². The minimum absolute atomic E-state index is 0.160. The summed E-state index contributed by atoms with van der Waals surface area (Å²) in [5.74, 6) is -0.160. The standard InChI is InChI=1S/C16H27FI2N2/c1-4-6-8-9-10-12-16(3,11-7-5-2)21-14(17)13(18)15(19)20-21/h4-12H2,1-3H3. The predicted octanol–water partition coefficient (Wildman–Crippen LogP) is 6.50. The Morgan fingerprint density at radius 3 is 2.10 bits per heavy atom. The highest BCUT2D eigenvalue weighted by Crippen LogP contribution is 2.32. The van der Waals surface area contributed by atoms with E-state index >= 15 is 0 Å². The molecule has 0 aliphatic carbocycles. The van der Waals surface area contributed by atoms with E-state index < -0.39 is 0 Å². The van der Waals surface area contributed by atoms with E-state index in [4.69, 9.17) is 0 Å². The molecule has 0 aromatic carbocycles. The molecule has 0 aliphatic heterocycles. The average Bonchev–Trinajstić information content (AvgIpc) is 2.73. The quantitative estimate of drug-likeness (QED) is 0.255. The van der Waals surface area contributed by atoms with Crippen LogP contribution in [0.15, 0.2) is 0 Å². The van der Waals surface area contributed by atoms with Gasteiger partial charge in [-0.2, -0.15) is 9.49 Å². The van der Waals surface area contributed by atoms with E-state index in [1.54, 1.807) is 4.68 Å². The Balaban J connectivity index is 2.79. The van der Waals surface area contributed by atoms with E-state index in [0.717, 1.165) is 35.8 Å². The summed E-state index contributed by atoms with van der Waals surface area (Å²) >= 11 is 4.18. The van der Waals surface area contributed by atoms with Crippen molar-refractivity contribution in [3.05, 3.63) is 13.2 Å². The van der Waals surface area contributed by atoms with Crippen molar-refractivity contribution in [1.82, 2.24) is 9.78 Å². The van der Waals surface area contributed by atoms with E-state index in [1.165, 1.54) is 25.7 Å². The Hall–Kier alpha value is 0.600. The van der Waals surface area contributed by atoms with Gasteiger partial charge in [0.25, 0.3) is 0 Å². The van der Waals surface area contributed by atoms with Gasteiger partial charge in [-0.1, -0.05) is 58.8 Å². The molecule has 0 saturated heterocycles. The highest BCUT2D eigenvalue weighted by atomic mass is 127. The van der Waals surface area contributed by atoms with Crippen LogP contribution in [-0.2, 0) is 5.54 Å². The van der Waals surface area contributed by atoms with Gasteiger partial charge in [-0.25, -0.2) is 4.68 Å². The molecule has 0 radical (unpaired) electrons. The largest absolute Gasteiger partial charge is 0.232 e. The summed E-state index contributed by atoms with van der Waals surface area (Å²) in [6.07, 6.45) is 10.5. The molecule has 0 aliphatic rings. The van der Waals surface area contributed by atoms with Crippen LogP contribution in [0.2, 0.25) is 0 Å². The van der Waals surface area contributed by atoms with Gasteiger partial charge in [0, 0.05) is 0 Å². The molecule has 1 rings (SSSR count). The topological polar surface area (TPSA) is 17.8 Å². The van der Waals surface area contributed by atoms with Crippen LogP contribution in [0.5, 0.6) is 0 Å². The zero-order chi connectivity index (χ0) is 15.9. The van der Waals surface area contributed by atoms with E-state index in [2.05, 4.69) is 71.1 Å². The van der Waals surface area contributed by atoms with Crippen molar-refractivity contribution < 1.29 is 4.39 Å². The van der Waals surface area contributed by atoms with Gasteiger partial charge < -0.3 is 0 Å². The average molecular weight is 520 g/mol. The van der Waals surface area contributed by atoms with Crippen LogP contribution in [0.1, 0.15) is 78.6 Å². The van der Waals surface area contributed by atoms with Crippen molar-refractivity contribution in [2.75, 3.05) is 0 Å². The molecule has 0 amide bonds. The van der Waals surface area contributed by atoms with Crippen LogP contribution in [0.25, 0.3) is 0 Å². The fourth-order valence-electron chi connectivity index (χ4n) is 2.72. The molecule has 122 valence electrons. The third-order valence-electron chi connectivity index (χ3n) is 4.14. The van der Waals surface area contributed by atoms with E-state index in [0.29, 0.717) is 3.57 Å². The number of hydrogen-bond donors (Lipinski definition) is 0. The SMILES string of the molecule is CCCCCCCC(C)(CCCC)n1nc(I)c(I)c1F. The molecule has 2 nitrogen and oxygen atoms in total. The number of nitrogens with zero attached hydrogens (tertiary/aromatic N) is 2. The number of unbranched alkanes of at least 4 members (excludes halogenated alkanes) is 5. The number of rotatable bonds is 10. The van der Waals surface area contributed by atoms with E-state index in [-0.39, 0.29) is 11.5 Å². The molecule has 0 fully saturated rings. The minimum atomic E-state index is -0.185. The lowest BCUT2D eigenvalue weighted by atomic mass is 9.88. The monoisotopic (exact) mass is 520 g/mol. The van der Waals surface area contributed by atoms with Crippen molar-refractivity contribution in [3.8, 4) is 0 Å². The van der Waals surface area contributed by atoms with Crippen molar-refractivity contribution in [3.63, 3.8) is 0 Å². The van der Waals surface area contributed by atoms with Crippen molar-refractivity contribution in [1.29, 1.82) is 0 Å². The van der Waals surface area contributed by atoms with Gasteiger partial charge in [-0.3, -0.25) is 0 Å². The minimum Gasteiger partial charge on any atom is -0.232 e. The summed E-state index contributed by atoms with van der Waals surface area (Å²) in [6, 6.07) is 0. The van der Waals surface area contributed by atoms with Crippen LogP contribution in [0, 0.1) is 13.2 Å². The van der Waals surface area contributed by atoms with Crippen molar-refractivity contribution in [2.24, 2.45) is 0 Å². The summed E-state index contributed by atoms with van der Waals surface area (Å²) in [5.41, 5.74) is -0.185. The fourth-order valence-corrected chi connectivity index (χ4v) is 3.49. The van der Waals surface area contributed by atoms with Crippen LogP contribution in [0.4, 0.5) is 4.39 Å².